The number of rotatable bonds is 2. The maximum atomic E-state index is 6.27. The van der Waals surface area contributed by atoms with Crippen molar-refractivity contribution in [2.24, 2.45) is 0 Å². The van der Waals surface area contributed by atoms with Crippen molar-refractivity contribution in [3.05, 3.63) is 84.4 Å². The Kier molecular flexibility index (Phi) is 3.94. The van der Waals surface area contributed by atoms with E-state index in [9.17, 15) is 0 Å². The van der Waals surface area contributed by atoms with E-state index in [1.54, 1.807) is 0 Å². The summed E-state index contributed by atoms with van der Waals surface area (Å²) in [6.45, 7) is 8.85. The molecule has 0 saturated heterocycles. The molecule has 3 nitrogen and oxygen atoms in total. The van der Waals surface area contributed by atoms with Gasteiger partial charge in [-0.05, 0) is 69.7 Å². The van der Waals surface area contributed by atoms with E-state index in [1.807, 2.05) is 12.1 Å². The van der Waals surface area contributed by atoms with Gasteiger partial charge in [0.05, 0.1) is 22.1 Å². The lowest BCUT2D eigenvalue weighted by Gasteiger charge is -2.38. The van der Waals surface area contributed by atoms with Gasteiger partial charge < -0.3 is 13.7 Å². The third kappa shape index (κ3) is 2.74. The predicted octanol–water partition coefficient (Wildman–Crippen LogP) is 8.73. The van der Waals surface area contributed by atoms with Gasteiger partial charge in [0.2, 0.25) is 0 Å². The van der Waals surface area contributed by atoms with Crippen molar-refractivity contribution in [1.82, 2.24) is 0 Å². The lowest BCUT2D eigenvalue weighted by molar-refractivity contribution is 0.562. The second kappa shape index (κ2) is 6.64. The van der Waals surface area contributed by atoms with Gasteiger partial charge >= 0.3 is 0 Å². The molecule has 4 aromatic carbocycles. The SMILES string of the molecule is Cc1ccc2c(c1)oc1cccc(N(c3cccc4oc5ccccc5c34)C(C)(C)C)c12. The summed E-state index contributed by atoms with van der Waals surface area (Å²) in [7, 11) is 0. The Bertz CT molecular complexity index is 1630. The third-order valence-corrected chi connectivity index (χ3v) is 6.16. The number of hydrogen-bond donors (Lipinski definition) is 0. The first kappa shape index (κ1) is 19.0. The van der Waals surface area contributed by atoms with Crippen LogP contribution in [0.1, 0.15) is 26.3 Å². The second-order valence-electron chi connectivity index (χ2n) is 9.51. The number of benzene rings is 4. The summed E-state index contributed by atoms with van der Waals surface area (Å²) < 4.78 is 12.5. The largest absolute Gasteiger partial charge is 0.456 e. The monoisotopic (exact) mass is 419 g/mol. The van der Waals surface area contributed by atoms with Gasteiger partial charge in [0.1, 0.15) is 22.3 Å². The highest BCUT2D eigenvalue weighted by Crippen LogP contribution is 2.46. The highest BCUT2D eigenvalue weighted by atomic mass is 16.3. The molecule has 0 aliphatic heterocycles. The van der Waals surface area contributed by atoms with E-state index < -0.39 is 0 Å². The van der Waals surface area contributed by atoms with E-state index in [2.05, 4.69) is 99.3 Å². The fraction of sp³-hybridized carbons (Fsp3) is 0.172. The standard InChI is InChI=1S/C29H25NO2/c1-18-15-16-20-26(17-18)32-25-14-8-11-22(28(20)25)30(29(2,3)4)21-10-7-13-24-27(21)19-9-5-6-12-23(19)31-24/h5-17H,1-4H3. The van der Waals surface area contributed by atoms with Crippen LogP contribution in [0.3, 0.4) is 0 Å². The molecular formula is C29H25NO2. The van der Waals surface area contributed by atoms with Gasteiger partial charge in [0, 0.05) is 16.3 Å². The maximum absolute atomic E-state index is 6.27. The minimum absolute atomic E-state index is 0.185. The summed E-state index contributed by atoms with van der Waals surface area (Å²) in [5.74, 6) is 0. The molecule has 0 aliphatic rings. The van der Waals surface area contributed by atoms with Gasteiger partial charge in [0.15, 0.2) is 0 Å². The predicted molar refractivity (Wildman–Crippen MR) is 134 cm³/mol. The number of aryl methyl sites for hydroxylation is 1. The zero-order chi connectivity index (χ0) is 22.0. The minimum atomic E-state index is -0.185. The topological polar surface area (TPSA) is 29.5 Å². The molecule has 0 bridgehead atoms. The van der Waals surface area contributed by atoms with E-state index >= 15 is 0 Å². The highest BCUT2D eigenvalue weighted by Gasteiger charge is 2.29. The molecule has 0 N–H and O–H groups in total. The van der Waals surface area contributed by atoms with Gasteiger partial charge in [-0.1, -0.05) is 42.5 Å². The first-order chi connectivity index (χ1) is 15.4. The fourth-order valence-corrected chi connectivity index (χ4v) is 4.90. The molecule has 0 aliphatic carbocycles. The number of para-hydroxylation sites is 1. The van der Waals surface area contributed by atoms with Crippen LogP contribution in [-0.4, -0.2) is 5.54 Å². The average molecular weight is 420 g/mol. The zero-order valence-electron chi connectivity index (χ0n) is 18.8. The molecule has 0 spiro atoms. The Labute approximate surface area is 186 Å². The van der Waals surface area contributed by atoms with E-state index in [1.165, 1.54) is 5.56 Å². The molecule has 0 amide bonds. The van der Waals surface area contributed by atoms with Gasteiger partial charge in [-0.2, -0.15) is 0 Å². The molecule has 0 radical (unpaired) electrons. The summed E-state index contributed by atoms with van der Waals surface area (Å²) >= 11 is 0. The van der Waals surface area contributed by atoms with E-state index in [4.69, 9.17) is 8.83 Å². The first-order valence-corrected chi connectivity index (χ1v) is 11.0. The van der Waals surface area contributed by atoms with Crippen molar-refractivity contribution >= 4 is 55.3 Å². The molecule has 0 unspecified atom stereocenters. The van der Waals surface area contributed by atoms with E-state index in [0.29, 0.717) is 0 Å². The van der Waals surface area contributed by atoms with Crippen molar-refractivity contribution in [3.8, 4) is 0 Å². The molecule has 32 heavy (non-hydrogen) atoms. The van der Waals surface area contributed by atoms with Crippen molar-refractivity contribution in [3.63, 3.8) is 0 Å². The number of nitrogens with zero attached hydrogens (tertiary/aromatic N) is 1. The molecule has 6 aromatic rings. The maximum Gasteiger partial charge on any atom is 0.137 e. The lowest BCUT2D eigenvalue weighted by Crippen LogP contribution is -2.37. The molecule has 2 heterocycles. The van der Waals surface area contributed by atoms with Crippen LogP contribution in [0, 0.1) is 6.92 Å². The molecule has 3 heteroatoms. The normalized spacial score (nSPS) is 12.4. The smallest absolute Gasteiger partial charge is 0.137 e. The van der Waals surface area contributed by atoms with Crippen LogP contribution >= 0.6 is 0 Å². The van der Waals surface area contributed by atoms with Crippen LogP contribution in [0.5, 0.6) is 0 Å². The van der Waals surface area contributed by atoms with E-state index in [0.717, 1.165) is 55.3 Å². The van der Waals surface area contributed by atoms with Crippen molar-refractivity contribution in [1.29, 1.82) is 0 Å². The first-order valence-electron chi connectivity index (χ1n) is 11.0. The third-order valence-electron chi connectivity index (χ3n) is 6.16. The number of hydrogen-bond acceptors (Lipinski definition) is 3. The second-order valence-corrected chi connectivity index (χ2v) is 9.51. The number of fused-ring (bicyclic) bond motifs is 6. The quantitative estimate of drug-likeness (QED) is 0.281. The van der Waals surface area contributed by atoms with Crippen molar-refractivity contribution < 1.29 is 8.83 Å². The van der Waals surface area contributed by atoms with Gasteiger partial charge in [-0.25, -0.2) is 0 Å². The van der Waals surface area contributed by atoms with Gasteiger partial charge in [0.25, 0.3) is 0 Å². The summed E-state index contributed by atoms with van der Waals surface area (Å²) in [5.41, 5.74) is 6.92. The summed E-state index contributed by atoms with van der Waals surface area (Å²) in [6, 6.07) is 27.4. The number of furan rings is 2. The lowest BCUT2D eigenvalue weighted by atomic mass is 9.98. The van der Waals surface area contributed by atoms with Crippen LogP contribution in [-0.2, 0) is 0 Å². The highest BCUT2D eigenvalue weighted by molar-refractivity contribution is 6.16. The fourth-order valence-electron chi connectivity index (χ4n) is 4.90. The Balaban J connectivity index is 1.73. The molecule has 0 saturated carbocycles. The van der Waals surface area contributed by atoms with Crippen LogP contribution in [0.15, 0.2) is 87.7 Å². The van der Waals surface area contributed by atoms with Crippen LogP contribution in [0.2, 0.25) is 0 Å². The Hall–Kier alpha value is -3.72. The Morgan fingerprint density at radius 2 is 1.16 bits per heavy atom. The molecule has 2 aromatic heterocycles. The minimum Gasteiger partial charge on any atom is -0.456 e. The van der Waals surface area contributed by atoms with Crippen molar-refractivity contribution in [2.75, 3.05) is 4.90 Å². The van der Waals surface area contributed by atoms with Crippen LogP contribution in [0.25, 0.3) is 43.9 Å². The van der Waals surface area contributed by atoms with Crippen LogP contribution in [0.4, 0.5) is 11.4 Å². The zero-order valence-corrected chi connectivity index (χ0v) is 18.8. The molecule has 6 rings (SSSR count). The van der Waals surface area contributed by atoms with Crippen molar-refractivity contribution in [2.45, 2.75) is 33.2 Å². The van der Waals surface area contributed by atoms with Gasteiger partial charge in [-0.15, -0.1) is 0 Å². The Morgan fingerprint density at radius 1 is 0.594 bits per heavy atom. The molecule has 0 atom stereocenters. The Morgan fingerprint density at radius 3 is 1.81 bits per heavy atom. The van der Waals surface area contributed by atoms with E-state index in [-0.39, 0.29) is 5.54 Å². The molecule has 0 fully saturated rings. The summed E-state index contributed by atoms with van der Waals surface area (Å²) in [5, 5.41) is 4.55. The summed E-state index contributed by atoms with van der Waals surface area (Å²) in [6.07, 6.45) is 0. The molecular weight excluding hydrogens is 394 g/mol. The van der Waals surface area contributed by atoms with Gasteiger partial charge in [-0.3, -0.25) is 0 Å². The summed E-state index contributed by atoms with van der Waals surface area (Å²) in [4.78, 5) is 2.43. The average Bonchev–Trinajstić information content (AvgIpc) is 3.31. The number of anilines is 2. The van der Waals surface area contributed by atoms with Crippen LogP contribution < -0.4 is 4.90 Å². The molecule has 158 valence electrons.